The van der Waals surface area contributed by atoms with E-state index in [4.69, 9.17) is 4.52 Å². The Kier molecular flexibility index (Phi) is 2.67. The number of imidazole rings is 1. The third-order valence-corrected chi connectivity index (χ3v) is 3.27. The van der Waals surface area contributed by atoms with Crippen LogP contribution in [0.15, 0.2) is 22.2 Å². The van der Waals surface area contributed by atoms with Gasteiger partial charge in [0.15, 0.2) is 5.76 Å². The Hall–Kier alpha value is -2.42. The van der Waals surface area contributed by atoms with E-state index in [9.17, 15) is 10.1 Å². The zero-order valence-electron chi connectivity index (χ0n) is 9.86. The minimum Gasteiger partial charge on any atom is -0.359 e. The van der Waals surface area contributed by atoms with Gasteiger partial charge in [0.25, 0.3) is 4.96 Å². The molecule has 0 fully saturated rings. The number of nitro groups is 1. The Labute approximate surface area is 110 Å². The third-order valence-electron chi connectivity index (χ3n) is 2.52. The van der Waals surface area contributed by atoms with E-state index in [0.29, 0.717) is 17.3 Å². The van der Waals surface area contributed by atoms with Crippen molar-refractivity contribution in [1.29, 1.82) is 0 Å². The minimum atomic E-state index is -0.458. The monoisotopic (exact) mass is 279 g/mol. The van der Waals surface area contributed by atoms with Gasteiger partial charge in [0.2, 0.25) is 5.82 Å². The molecule has 8 nitrogen and oxygen atoms in total. The van der Waals surface area contributed by atoms with Crippen LogP contribution in [0, 0.1) is 17.0 Å². The smallest absolute Gasteiger partial charge is 0.359 e. The Bertz CT molecular complexity index is 743. The van der Waals surface area contributed by atoms with Crippen LogP contribution in [0.3, 0.4) is 0 Å². The van der Waals surface area contributed by atoms with Crippen molar-refractivity contribution in [2.24, 2.45) is 0 Å². The van der Waals surface area contributed by atoms with Gasteiger partial charge in [-0.15, -0.1) is 0 Å². The van der Waals surface area contributed by atoms with Crippen molar-refractivity contribution < 1.29 is 9.45 Å². The van der Waals surface area contributed by atoms with Crippen LogP contribution in [0.25, 0.3) is 4.96 Å². The summed E-state index contributed by atoms with van der Waals surface area (Å²) in [6.45, 7) is 2.11. The van der Waals surface area contributed by atoms with Crippen LogP contribution in [0.5, 0.6) is 0 Å². The summed E-state index contributed by atoms with van der Waals surface area (Å²) in [6.07, 6.45) is 1.62. The molecular formula is C10H9N5O3S. The first kappa shape index (κ1) is 11.7. The lowest BCUT2D eigenvalue weighted by molar-refractivity contribution is -0.389. The average Bonchev–Trinajstić information content (AvgIpc) is 3.00. The van der Waals surface area contributed by atoms with Crippen molar-refractivity contribution >= 4 is 27.9 Å². The zero-order chi connectivity index (χ0) is 13.4. The second-order valence-electron chi connectivity index (χ2n) is 3.88. The van der Waals surface area contributed by atoms with Gasteiger partial charge in [0, 0.05) is 11.4 Å². The topological polar surface area (TPSA) is 98.5 Å². The summed E-state index contributed by atoms with van der Waals surface area (Å²) in [6, 6.07) is 1.76. The number of nitrogens with zero attached hydrogens (tertiary/aromatic N) is 4. The summed E-state index contributed by atoms with van der Waals surface area (Å²) in [4.78, 5) is 15.4. The molecule has 0 unspecified atom stereocenters. The lowest BCUT2D eigenvalue weighted by Crippen LogP contribution is -2.02. The Morgan fingerprint density at radius 1 is 1.63 bits per heavy atom. The quantitative estimate of drug-likeness (QED) is 0.580. The summed E-state index contributed by atoms with van der Waals surface area (Å²) in [7, 11) is 0. The molecule has 1 N–H and O–H groups in total. The number of fused-ring (bicyclic) bond motifs is 1. The van der Waals surface area contributed by atoms with Gasteiger partial charge in [-0.25, -0.2) is 0 Å². The molecule has 0 saturated heterocycles. The number of aromatic nitrogens is 3. The minimum absolute atomic E-state index is 0.0764. The summed E-state index contributed by atoms with van der Waals surface area (Å²) in [5.74, 6) is 0.751. The number of anilines is 1. The van der Waals surface area contributed by atoms with E-state index < -0.39 is 4.92 Å². The van der Waals surface area contributed by atoms with Gasteiger partial charge >= 0.3 is 5.82 Å². The Morgan fingerprint density at radius 2 is 2.47 bits per heavy atom. The molecule has 0 bridgehead atoms. The third kappa shape index (κ3) is 2.03. The molecule has 9 heteroatoms. The molecule has 3 aromatic rings. The van der Waals surface area contributed by atoms with Gasteiger partial charge in [-0.3, -0.25) is 0 Å². The molecule has 19 heavy (non-hydrogen) atoms. The molecule has 0 aromatic carbocycles. The molecule has 0 atom stereocenters. The largest absolute Gasteiger partial charge is 0.372 e. The van der Waals surface area contributed by atoms with Crippen molar-refractivity contribution in [2.75, 3.05) is 5.32 Å². The molecule has 0 spiro atoms. The second-order valence-corrected chi connectivity index (χ2v) is 4.76. The highest BCUT2D eigenvalue weighted by Gasteiger charge is 2.23. The predicted octanol–water partition coefficient (Wildman–Crippen LogP) is 2.21. The highest BCUT2D eigenvalue weighted by Crippen LogP contribution is 2.28. The number of aryl methyl sites for hydroxylation is 1. The van der Waals surface area contributed by atoms with Crippen LogP contribution in [-0.2, 0) is 6.54 Å². The summed E-state index contributed by atoms with van der Waals surface area (Å²) < 4.78 is 6.47. The molecule has 3 aromatic heterocycles. The Morgan fingerprint density at radius 3 is 3.16 bits per heavy atom. The van der Waals surface area contributed by atoms with Gasteiger partial charge in [-0.2, -0.15) is 9.38 Å². The molecule has 3 rings (SSSR count). The summed E-state index contributed by atoms with van der Waals surface area (Å²) in [5, 5.41) is 19.5. The molecule has 0 aliphatic heterocycles. The molecule has 3 heterocycles. The van der Waals surface area contributed by atoms with Crippen molar-refractivity contribution in [3.8, 4) is 0 Å². The highest BCUT2D eigenvalue weighted by atomic mass is 32.1. The highest BCUT2D eigenvalue weighted by molar-refractivity contribution is 7.15. The summed E-state index contributed by atoms with van der Waals surface area (Å²) in [5.41, 5.74) is 0.761. The maximum absolute atomic E-state index is 11.1. The first-order chi connectivity index (χ1) is 9.15. The van der Waals surface area contributed by atoms with Crippen molar-refractivity contribution in [1.82, 2.24) is 14.5 Å². The molecule has 0 radical (unpaired) electrons. The first-order valence-corrected chi connectivity index (χ1v) is 6.29. The maximum atomic E-state index is 11.1. The van der Waals surface area contributed by atoms with Gasteiger partial charge in [-0.05, 0) is 11.8 Å². The van der Waals surface area contributed by atoms with E-state index in [2.05, 4.69) is 15.5 Å². The van der Waals surface area contributed by atoms with Crippen LogP contribution in [0.2, 0.25) is 0 Å². The van der Waals surface area contributed by atoms with Crippen molar-refractivity contribution in [3.63, 3.8) is 0 Å². The van der Waals surface area contributed by atoms with Crippen LogP contribution < -0.4 is 5.32 Å². The van der Waals surface area contributed by atoms with Gasteiger partial charge in [0.1, 0.15) is 6.20 Å². The van der Waals surface area contributed by atoms with Gasteiger partial charge < -0.3 is 20.0 Å². The molecule has 98 valence electrons. The second kappa shape index (κ2) is 4.35. The average molecular weight is 279 g/mol. The molecule has 0 aliphatic carbocycles. The number of hydrogen-bond donors (Lipinski definition) is 1. The molecular weight excluding hydrogens is 270 g/mol. The number of nitrogens with one attached hydrogen (secondary N) is 1. The van der Waals surface area contributed by atoms with E-state index >= 15 is 0 Å². The van der Waals surface area contributed by atoms with Crippen LogP contribution in [-0.4, -0.2) is 19.5 Å². The van der Waals surface area contributed by atoms with Crippen LogP contribution >= 0.6 is 11.3 Å². The fraction of sp³-hybridized carbons (Fsp3) is 0.200. The number of thiazole rings is 1. The van der Waals surface area contributed by atoms with E-state index in [1.54, 1.807) is 17.6 Å². The molecule has 0 aliphatic rings. The maximum Gasteiger partial charge on any atom is 0.372 e. The fourth-order valence-electron chi connectivity index (χ4n) is 1.74. The number of rotatable bonds is 4. The van der Waals surface area contributed by atoms with Crippen LogP contribution in [0.4, 0.5) is 11.6 Å². The van der Waals surface area contributed by atoms with Crippen LogP contribution in [0.1, 0.15) is 11.5 Å². The molecule has 0 amide bonds. The predicted molar refractivity (Wildman–Crippen MR) is 68.3 cm³/mol. The molecule has 0 saturated carbocycles. The normalized spacial score (nSPS) is 11.0. The van der Waals surface area contributed by atoms with Crippen molar-refractivity contribution in [2.45, 2.75) is 13.5 Å². The van der Waals surface area contributed by atoms with E-state index in [1.165, 1.54) is 15.7 Å². The lowest BCUT2D eigenvalue weighted by atomic mass is 10.4. The first-order valence-electron chi connectivity index (χ1n) is 5.41. The van der Waals surface area contributed by atoms with Crippen molar-refractivity contribution in [3.05, 3.63) is 39.2 Å². The number of hydrogen-bond acceptors (Lipinski definition) is 7. The standard InChI is InChI=1S/C10H9N5O3S/c1-6-4-7(18-13-6)5-11-8-9(15(16)17)14-2-3-19-10(14)12-8/h2-4,11H,5H2,1H3. The van der Waals surface area contributed by atoms with E-state index in [0.717, 1.165) is 5.69 Å². The van der Waals surface area contributed by atoms with E-state index in [-0.39, 0.29) is 11.6 Å². The van der Waals surface area contributed by atoms with Gasteiger partial charge in [-0.1, -0.05) is 16.5 Å². The lowest BCUT2D eigenvalue weighted by Gasteiger charge is -1.99. The van der Waals surface area contributed by atoms with E-state index in [1.807, 2.05) is 6.92 Å². The fourth-order valence-corrected chi connectivity index (χ4v) is 2.45. The SMILES string of the molecule is Cc1cc(CNc2nc3sccn3c2[N+](=O)[O-])on1. The Balaban J connectivity index is 1.89. The summed E-state index contributed by atoms with van der Waals surface area (Å²) >= 11 is 1.34. The zero-order valence-corrected chi connectivity index (χ0v) is 10.7. The van der Waals surface area contributed by atoms with Gasteiger partial charge in [0.05, 0.1) is 12.2 Å².